The van der Waals surface area contributed by atoms with Crippen molar-refractivity contribution in [1.82, 2.24) is 5.43 Å². The van der Waals surface area contributed by atoms with Crippen molar-refractivity contribution < 1.29 is 14.5 Å². The number of hydrogen-bond donors (Lipinski definition) is 2. The van der Waals surface area contributed by atoms with E-state index < -0.39 is 16.7 Å². The van der Waals surface area contributed by atoms with Crippen LogP contribution in [0, 0.1) is 10.1 Å². The summed E-state index contributed by atoms with van der Waals surface area (Å²) in [4.78, 5) is 33.9. The monoisotopic (exact) mass is 354 g/mol. The maximum absolute atomic E-state index is 11.9. The molecule has 2 aromatic rings. The van der Waals surface area contributed by atoms with Gasteiger partial charge in [0.25, 0.3) is 5.69 Å². The molecule has 0 saturated carbocycles. The topological polar surface area (TPSA) is 114 Å². The van der Waals surface area contributed by atoms with Gasteiger partial charge in [-0.05, 0) is 18.1 Å². The summed E-state index contributed by atoms with van der Waals surface area (Å²) in [6, 6.07) is 13.2. The van der Waals surface area contributed by atoms with Crippen molar-refractivity contribution in [2.75, 3.05) is 5.32 Å². The third-order valence-corrected chi connectivity index (χ3v) is 3.48. The van der Waals surface area contributed by atoms with Gasteiger partial charge in [-0.15, -0.1) is 0 Å². The van der Waals surface area contributed by atoms with Crippen LogP contribution in [0.2, 0.25) is 0 Å². The predicted molar refractivity (Wildman–Crippen MR) is 97.9 cm³/mol. The number of nitro groups is 1. The molecule has 8 nitrogen and oxygen atoms in total. The Morgan fingerprint density at radius 1 is 1.15 bits per heavy atom. The third kappa shape index (κ3) is 5.52. The van der Waals surface area contributed by atoms with E-state index in [9.17, 15) is 19.7 Å². The normalized spacial score (nSPS) is 10.5. The van der Waals surface area contributed by atoms with Crippen molar-refractivity contribution in [3.8, 4) is 0 Å². The number of carbonyl (C=O) groups is 2. The molecule has 0 radical (unpaired) electrons. The standard InChI is InChI=1S/C18H18N4O4/c1-2-14-7-3-4-9-16(14)20-17(23)11-18(24)21-19-12-13-6-5-8-15(10-13)22(25)26/h3-10,12H,2,11H2,1H3,(H,20,23)(H,21,24). The van der Waals surface area contributed by atoms with Crippen molar-refractivity contribution in [2.45, 2.75) is 19.8 Å². The maximum Gasteiger partial charge on any atom is 0.270 e. The number of amides is 2. The van der Waals surface area contributed by atoms with Crippen LogP contribution in [0.4, 0.5) is 11.4 Å². The summed E-state index contributed by atoms with van der Waals surface area (Å²) in [7, 11) is 0. The molecule has 0 spiro atoms. The third-order valence-electron chi connectivity index (χ3n) is 3.48. The van der Waals surface area contributed by atoms with Crippen LogP contribution in [0.1, 0.15) is 24.5 Å². The number of carbonyl (C=O) groups excluding carboxylic acids is 2. The molecule has 2 aromatic carbocycles. The van der Waals surface area contributed by atoms with E-state index in [1.807, 2.05) is 19.1 Å². The Labute approximate surface area is 150 Å². The second-order valence-electron chi connectivity index (χ2n) is 5.38. The van der Waals surface area contributed by atoms with Crippen molar-refractivity contribution in [2.24, 2.45) is 5.10 Å². The quantitative estimate of drug-likeness (QED) is 0.344. The van der Waals surface area contributed by atoms with Gasteiger partial charge in [-0.3, -0.25) is 19.7 Å². The van der Waals surface area contributed by atoms with Gasteiger partial charge in [-0.25, -0.2) is 5.43 Å². The van der Waals surface area contributed by atoms with Gasteiger partial charge in [0.1, 0.15) is 6.42 Å². The molecular weight excluding hydrogens is 336 g/mol. The summed E-state index contributed by atoms with van der Waals surface area (Å²) in [5, 5.41) is 17.1. The Balaban J connectivity index is 1.87. The molecule has 0 heterocycles. The molecule has 0 aromatic heterocycles. The van der Waals surface area contributed by atoms with Crippen LogP contribution in [0.15, 0.2) is 53.6 Å². The number of nitro benzene ring substituents is 1. The van der Waals surface area contributed by atoms with Gasteiger partial charge in [-0.2, -0.15) is 5.10 Å². The fourth-order valence-corrected chi connectivity index (χ4v) is 2.23. The largest absolute Gasteiger partial charge is 0.325 e. The summed E-state index contributed by atoms with van der Waals surface area (Å²) in [5.41, 5.74) is 4.26. The average molecular weight is 354 g/mol. The molecule has 0 unspecified atom stereocenters. The van der Waals surface area contributed by atoms with Crippen molar-refractivity contribution >= 4 is 29.4 Å². The first kappa shape index (κ1) is 18.8. The molecule has 2 amide bonds. The molecule has 134 valence electrons. The molecule has 0 bridgehead atoms. The Bertz CT molecular complexity index is 849. The first-order chi connectivity index (χ1) is 12.5. The second kappa shape index (κ2) is 9.07. The number of non-ortho nitro benzene ring substituents is 1. The lowest BCUT2D eigenvalue weighted by Gasteiger charge is -2.09. The van der Waals surface area contributed by atoms with Crippen molar-refractivity contribution in [3.63, 3.8) is 0 Å². The average Bonchev–Trinajstić information content (AvgIpc) is 2.62. The molecule has 0 aliphatic carbocycles. The van der Waals surface area contributed by atoms with Gasteiger partial charge < -0.3 is 5.32 Å². The van der Waals surface area contributed by atoms with Crippen LogP contribution in [0.25, 0.3) is 0 Å². The molecule has 0 aliphatic heterocycles. The van der Waals surface area contributed by atoms with Gasteiger partial charge in [0.05, 0.1) is 11.1 Å². The zero-order valence-electron chi connectivity index (χ0n) is 14.1. The maximum atomic E-state index is 11.9. The summed E-state index contributed by atoms with van der Waals surface area (Å²) in [6.07, 6.45) is 1.65. The molecule has 0 atom stereocenters. The number of hydrogen-bond acceptors (Lipinski definition) is 5. The van der Waals surface area contributed by atoms with Gasteiger partial charge in [-0.1, -0.05) is 37.3 Å². The number of anilines is 1. The Hall–Kier alpha value is -3.55. The summed E-state index contributed by atoms with van der Waals surface area (Å²) in [6.45, 7) is 1.97. The molecule has 0 saturated heterocycles. The van der Waals surface area contributed by atoms with E-state index in [-0.39, 0.29) is 12.1 Å². The van der Waals surface area contributed by atoms with Crippen LogP contribution in [0.5, 0.6) is 0 Å². The molecule has 0 aliphatic rings. The van der Waals surface area contributed by atoms with E-state index in [0.29, 0.717) is 11.3 Å². The number of nitrogens with one attached hydrogen (secondary N) is 2. The summed E-state index contributed by atoms with van der Waals surface area (Å²) in [5.74, 6) is -1.04. The second-order valence-corrected chi connectivity index (χ2v) is 5.38. The summed E-state index contributed by atoms with van der Waals surface area (Å²) >= 11 is 0. The molecule has 0 fully saturated rings. The zero-order chi connectivity index (χ0) is 18.9. The minimum Gasteiger partial charge on any atom is -0.325 e. The molecule has 26 heavy (non-hydrogen) atoms. The minimum atomic E-state index is -0.585. The van der Waals surface area contributed by atoms with E-state index in [2.05, 4.69) is 15.8 Å². The highest BCUT2D eigenvalue weighted by molar-refractivity contribution is 6.04. The van der Waals surface area contributed by atoms with Crippen LogP contribution in [-0.2, 0) is 16.0 Å². The minimum absolute atomic E-state index is 0.0748. The number of hydrazone groups is 1. The van der Waals surface area contributed by atoms with E-state index in [0.717, 1.165) is 12.0 Å². The molecular formula is C18H18N4O4. The Morgan fingerprint density at radius 3 is 2.65 bits per heavy atom. The summed E-state index contributed by atoms with van der Waals surface area (Å²) < 4.78 is 0. The number of benzene rings is 2. The van der Waals surface area contributed by atoms with Gasteiger partial charge in [0, 0.05) is 23.4 Å². The lowest BCUT2D eigenvalue weighted by molar-refractivity contribution is -0.384. The highest BCUT2D eigenvalue weighted by Gasteiger charge is 2.10. The zero-order valence-corrected chi connectivity index (χ0v) is 14.1. The van der Waals surface area contributed by atoms with Crippen LogP contribution in [0.3, 0.4) is 0 Å². The number of aryl methyl sites for hydroxylation is 1. The Kier molecular flexibility index (Phi) is 6.55. The molecule has 2 N–H and O–H groups in total. The van der Waals surface area contributed by atoms with Crippen LogP contribution >= 0.6 is 0 Å². The lowest BCUT2D eigenvalue weighted by Crippen LogP contribution is -2.25. The number of para-hydroxylation sites is 1. The first-order valence-electron chi connectivity index (χ1n) is 7.93. The fourth-order valence-electron chi connectivity index (χ4n) is 2.23. The van der Waals surface area contributed by atoms with E-state index in [4.69, 9.17) is 0 Å². The number of rotatable bonds is 7. The first-order valence-corrected chi connectivity index (χ1v) is 7.93. The van der Waals surface area contributed by atoms with E-state index >= 15 is 0 Å². The highest BCUT2D eigenvalue weighted by atomic mass is 16.6. The smallest absolute Gasteiger partial charge is 0.270 e. The Morgan fingerprint density at radius 2 is 1.92 bits per heavy atom. The van der Waals surface area contributed by atoms with Crippen LogP contribution < -0.4 is 10.7 Å². The fraction of sp³-hybridized carbons (Fsp3) is 0.167. The molecule has 2 rings (SSSR count). The lowest BCUT2D eigenvalue weighted by atomic mass is 10.1. The highest BCUT2D eigenvalue weighted by Crippen LogP contribution is 2.15. The number of nitrogens with zero attached hydrogens (tertiary/aromatic N) is 2. The van der Waals surface area contributed by atoms with Gasteiger partial charge >= 0.3 is 0 Å². The van der Waals surface area contributed by atoms with Crippen molar-refractivity contribution in [3.05, 3.63) is 69.8 Å². The van der Waals surface area contributed by atoms with Crippen molar-refractivity contribution in [1.29, 1.82) is 0 Å². The van der Waals surface area contributed by atoms with Crippen LogP contribution in [-0.4, -0.2) is 23.0 Å². The van der Waals surface area contributed by atoms with E-state index in [1.165, 1.54) is 24.4 Å². The predicted octanol–water partition coefficient (Wildman–Crippen LogP) is 2.64. The van der Waals surface area contributed by atoms with Gasteiger partial charge in [0.2, 0.25) is 11.8 Å². The van der Waals surface area contributed by atoms with E-state index in [1.54, 1.807) is 18.2 Å². The van der Waals surface area contributed by atoms with Gasteiger partial charge in [0.15, 0.2) is 0 Å². The molecule has 8 heteroatoms. The SMILES string of the molecule is CCc1ccccc1NC(=O)CC(=O)NN=Cc1cccc([N+](=O)[O-])c1.